The first kappa shape index (κ1) is 37.6. The van der Waals surface area contributed by atoms with Gasteiger partial charge in [-0.1, -0.05) is 161 Å². The molecule has 1 atom stereocenters. The lowest BCUT2D eigenvalue weighted by atomic mass is 9.89. The average Bonchev–Trinajstić information content (AvgIpc) is 3.01. The maximum absolute atomic E-state index is 10.8. The summed E-state index contributed by atoms with van der Waals surface area (Å²) in [6.45, 7) is 6.86. The zero-order chi connectivity index (χ0) is 30.8. The van der Waals surface area contributed by atoms with Gasteiger partial charge >= 0.3 is 8.60 Å². The Balaban J connectivity index is 2.15. The standard InChI is InChI=1S/C39H65O3P/c1-4-7-10-13-16-19-23-28-35-33-34-39(42-43(40)41-36-29-24-22-25-30-36)38(32-27-21-18-15-12-9-6-3)37(35)31-26-20-17-14-11-8-5-2/h22,24-25,29-30,33-34,40H,4-21,23,26-28,31-32H2,1-3H3. The molecule has 1 N–H and O–H groups in total. The molecule has 244 valence electrons. The van der Waals surface area contributed by atoms with Gasteiger partial charge in [-0.2, -0.15) is 0 Å². The highest BCUT2D eigenvalue weighted by atomic mass is 31.2. The second-order valence-corrected chi connectivity index (χ2v) is 13.4. The van der Waals surface area contributed by atoms with Gasteiger partial charge in [-0.05, 0) is 73.4 Å². The summed E-state index contributed by atoms with van der Waals surface area (Å²) in [6, 6.07) is 13.9. The number of rotatable bonds is 28. The fourth-order valence-electron chi connectivity index (χ4n) is 6.09. The van der Waals surface area contributed by atoms with Crippen LogP contribution in [-0.2, 0) is 19.3 Å². The first-order valence-corrected chi connectivity index (χ1v) is 19.4. The lowest BCUT2D eigenvalue weighted by Crippen LogP contribution is -2.06. The molecule has 0 saturated heterocycles. The Bertz CT molecular complexity index is 916. The molecule has 0 aromatic heterocycles. The van der Waals surface area contributed by atoms with Crippen molar-refractivity contribution in [1.82, 2.24) is 0 Å². The lowest BCUT2D eigenvalue weighted by Gasteiger charge is -2.21. The molecule has 0 saturated carbocycles. The quantitative estimate of drug-likeness (QED) is 0.0767. The predicted octanol–water partition coefficient (Wildman–Crippen LogP) is 13.2. The van der Waals surface area contributed by atoms with Gasteiger partial charge < -0.3 is 13.9 Å². The van der Waals surface area contributed by atoms with Gasteiger partial charge in [0.2, 0.25) is 0 Å². The molecule has 0 spiro atoms. The molecule has 3 nitrogen and oxygen atoms in total. The van der Waals surface area contributed by atoms with E-state index in [0.29, 0.717) is 5.75 Å². The molecule has 0 bridgehead atoms. The van der Waals surface area contributed by atoms with Crippen molar-refractivity contribution < 1.29 is 13.9 Å². The first-order valence-electron chi connectivity index (χ1n) is 18.2. The zero-order valence-corrected chi connectivity index (χ0v) is 29.1. The van der Waals surface area contributed by atoms with E-state index < -0.39 is 8.60 Å². The third-order valence-corrected chi connectivity index (χ3v) is 9.42. The third-order valence-electron chi connectivity index (χ3n) is 8.70. The van der Waals surface area contributed by atoms with E-state index in [2.05, 4.69) is 32.9 Å². The van der Waals surface area contributed by atoms with Gasteiger partial charge in [0.25, 0.3) is 0 Å². The van der Waals surface area contributed by atoms with E-state index in [9.17, 15) is 4.89 Å². The summed E-state index contributed by atoms with van der Waals surface area (Å²) < 4.78 is 12.0. The van der Waals surface area contributed by atoms with E-state index in [0.717, 1.165) is 25.0 Å². The predicted molar refractivity (Wildman–Crippen MR) is 188 cm³/mol. The van der Waals surface area contributed by atoms with Crippen molar-refractivity contribution in [2.24, 2.45) is 0 Å². The van der Waals surface area contributed by atoms with Crippen molar-refractivity contribution >= 4 is 8.60 Å². The van der Waals surface area contributed by atoms with Crippen molar-refractivity contribution in [2.45, 2.75) is 175 Å². The molecule has 2 aromatic carbocycles. The highest BCUT2D eigenvalue weighted by Gasteiger charge is 2.19. The zero-order valence-electron chi connectivity index (χ0n) is 28.2. The van der Waals surface area contributed by atoms with Gasteiger partial charge in [0, 0.05) is 0 Å². The molecule has 0 aliphatic carbocycles. The molecule has 2 rings (SSSR count). The van der Waals surface area contributed by atoms with Gasteiger partial charge in [-0.25, -0.2) is 0 Å². The summed E-state index contributed by atoms with van der Waals surface area (Å²) in [5, 5.41) is 0. The fraction of sp³-hybridized carbons (Fsp3) is 0.692. The van der Waals surface area contributed by atoms with Gasteiger partial charge in [0.05, 0.1) is 0 Å². The summed E-state index contributed by atoms with van der Waals surface area (Å²) in [6.07, 6.45) is 31.0. The Labute approximate surface area is 267 Å². The molecule has 4 heteroatoms. The normalized spacial score (nSPS) is 12.0. The minimum absolute atomic E-state index is 0.642. The van der Waals surface area contributed by atoms with E-state index >= 15 is 0 Å². The average molecular weight is 613 g/mol. The van der Waals surface area contributed by atoms with Crippen LogP contribution in [0.4, 0.5) is 0 Å². The molecule has 2 aromatic rings. The van der Waals surface area contributed by atoms with E-state index in [1.807, 2.05) is 30.3 Å². The third kappa shape index (κ3) is 17.5. The van der Waals surface area contributed by atoms with Crippen molar-refractivity contribution in [1.29, 1.82) is 0 Å². The fourth-order valence-corrected chi connectivity index (χ4v) is 6.77. The van der Waals surface area contributed by atoms with Gasteiger partial charge in [0.1, 0.15) is 11.5 Å². The first-order chi connectivity index (χ1) is 21.2. The van der Waals surface area contributed by atoms with Crippen molar-refractivity contribution in [3.8, 4) is 11.5 Å². The number of benzene rings is 2. The summed E-state index contributed by atoms with van der Waals surface area (Å²) >= 11 is 0. The topological polar surface area (TPSA) is 38.7 Å². The monoisotopic (exact) mass is 612 g/mol. The van der Waals surface area contributed by atoms with Crippen LogP contribution in [0.25, 0.3) is 0 Å². The Morgan fingerprint density at radius 2 is 0.907 bits per heavy atom. The van der Waals surface area contributed by atoms with Crippen LogP contribution in [0.3, 0.4) is 0 Å². The summed E-state index contributed by atoms with van der Waals surface area (Å²) in [4.78, 5) is 10.8. The Hall–Kier alpha value is -1.57. The van der Waals surface area contributed by atoms with Crippen LogP contribution in [0.5, 0.6) is 11.5 Å². The molecule has 0 amide bonds. The summed E-state index contributed by atoms with van der Waals surface area (Å²) in [5.41, 5.74) is 4.35. The number of aryl methyl sites for hydroxylation is 1. The minimum atomic E-state index is -2.05. The van der Waals surface area contributed by atoms with Crippen LogP contribution < -0.4 is 9.05 Å². The largest absolute Gasteiger partial charge is 0.460 e. The van der Waals surface area contributed by atoms with Gasteiger partial charge in [0.15, 0.2) is 0 Å². The Kier molecular flexibility index (Phi) is 22.5. The second kappa shape index (κ2) is 25.7. The van der Waals surface area contributed by atoms with Crippen LogP contribution >= 0.6 is 8.60 Å². The lowest BCUT2D eigenvalue weighted by molar-refractivity contribution is 0.379. The molecule has 0 heterocycles. The Morgan fingerprint density at radius 1 is 0.465 bits per heavy atom. The van der Waals surface area contributed by atoms with Gasteiger partial charge in [-0.3, -0.25) is 0 Å². The number of para-hydroxylation sites is 1. The number of hydrogen-bond acceptors (Lipinski definition) is 3. The SMILES string of the molecule is CCCCCCCCCc1ccc(OP(O)Oc2ccccc2)c(CCCCCCCCC)c1CCCCCCCCC. The molecule has 0 radical (unpaired) electrons. The number of hydrogen-bond donors (Lipinski definition) is 1. The molecule has 43 heavy (non-hydrogen) atoms. The maximum atomic E-state index is 10.8. The highest BCUT2D eigenvalue weighted by molar-refractivity contribution is 7.41. The van der Waals surface area contributed by atoms with Crippen LogP contribution in [0.1, 0.15) is 172 Å². The van der Waals surface area contributed by atoms with Crippen molar-refractivity contribution in [3.63, 3.8) is 0 Å². The van der Waals surface area contributed by atoms with Crippen LogP contribution in [0, 0.1) is 0 Å². The summed E-state index contributed by atoms with van der Waals surface area (Å²) in [5.74, 6) is 1.47. The van der Waals surface area contributed by atoms with Crippen LogP contribution in [0.2, 0.25) is 0 Å². The molecular weight excluding hydrogens is 547 g/mol. The Morgan fingerprint density at radius 3 is 1.42 bits per heavy atom. The molecule has 0 aliphatic rings. The van der Waals surface area contributed by atoms with E-state index in [-0.39, 0.29) is 0 Å². The van der Waals surface area contributed by atoms with Crippen molar-refractivity contribution in [3.05, 3.63) is 59.2 Å². The maximum Gasteiger partial charge on any atom is 0.460 e. The molecule has 0 aliphatic heterocycles. The minimum Gasteiger partial charge on any atom is -0.418 e. The van der Waals surface area contributed by atoms with Crippen molar-refractivity contribution in [2.75, 3.05) is 0 Å². The molecular formula is C39H65O3P. The smallest absolute Gasteiger partial charge is 0.418 e. The van der Waals surface area contributed by atoms with E-state index in [1.54, 1.807) is 0 Å². The second-order valence-electron chi connectivity index (χ2n) is 12.5. The van der Waals surface area contributed by atoms with Crippen LogP contribution in [-0.4, -0.2) is 4.89 Å². The molecule has 1 unspecified atom stereocenters. The van der Waals surface area contributed by atoms with E-state index in [1.165, 1.54) is 152 Å². The van der Waals surface area contributed by atoms with Crippen LogP contribution in [0.15, 0.2) is 42.5 Å². The summed E-state index contributed by atoms with van der Waals surface area (Å²) in [7, 11) is -2.05. The van der Waals surface area contributed by atoms with E-state index in [4.69, 9.17) is 9.05 Å². The number of unbranched alkanes of at least 4 members (excludes halogenated alkanes) is 18. The highest BCUT2D eigenvalue weighted by Crippen LogP contribution is 2.40. The van der Waals surface area contributed by atoms with Gasteiger partial charge in [-0.15, -0.1) is 0 Å². The molecule has 0 fully saturated rings.